The predicted molar refractivity (Wildman–Crippen MR) is 86.3 cm³/mol. The number of nitrogens with two attached hydrogens (primary N) is 1. The molecule has 0 saturated carbocycles. The molecular weight excluding hydrogens is 306 g/mol. The molecule has 1 unspecified atom stereocenters. The molecule has 1 atom stereocenters. The van der Waals surface area contributed by atoms with Gasteiger partial charge in [0.25, 0.3) is 0 Å². The van der Waals surface area contributed by atoms with E-state index in [0.29, 0.717) is 0 Å². The van der Waals surface area contributed by atoms with Gasteiger partial charge in [-0.05, 0) is 35.3 Å². The van der Waals surface area contributed by atoms with Gasteiger partial charge in [0, 0.05) is 20.3 Å². The monoisotopic (exact) mass is 331 g/mol. The Bertz CT molecular complexity index is 316. The van der Waals surface area contributed by atoms with E-state index in [0.717, 1.165) is 6.42 Å². The van der Waals surface area contributed by atoms with Crippen molar-refractivity contribution in [3.05, 3.63) is 20.3 Å². The van der Waals surface area contributed by atoms with Crippen LogP contribution in [0.25, 0.3) is 0 Å². The van der Waals surface area contributed by atoms with Crippen LogP contribution in [0.4, 0.5) is 0 Å². The fourth-order valence-corrected chi connectivity index (χ4v) is 3.72. The van der Waals surface area contributed by atoms with Gasteiger partial charge in [-0.25, -0.2) is 0 Å². The summed E-state index contributed by atoms with van der Waals surface area (Å²) in [6, 6.07) is 2.42. The predicted octanol–water partition coefficient (Wildman–Crippen LogP) is 5.96. The zero-order chi connectivity index (χ0) is 13.4. The number of thiophene rings is 1. The van der Waals surface area contributed by atoms with Crippen molar-refractivity contribution in [1.82, 2.24) is 0 Å². The van der Waals surface area contributed by atoms with Crippen LogP contribution >= 0.6 is 27.3 Å². The number of rotatable bonds is 9. The number of aryl methyl sites for hydroxylation is 1. The van der Waals surface area contributed by atoms with Crippen molar-refractivity contribution in [2.24, 2.45) is 5.73 Å². The molecule has 0 spiro atoms. The highest BCUT2D eigenvalue weighted by Gasteiger charge is 2.10. The zero-order valence-electron chi connectivity index (χ0n) is 11.7. The summed E-state index contributed by atoms with van der Waals surface area (Å²) in [7, 11) is 0. The van der Waals surface area contributed by atoms with Gasteiger partial charge >= 0.3 is 0 Å². The Kier molecular flexibility index (Phi) is 8.20. The van der Waals surface area contributed by atoms with Gasteiger partial charge in [-0.3, -0.25) is 0 Å². The third-order valence-electron chi connectivity index (χ3n) is 3.36. The van der Waals surface area contributed by atoms with Crippen LogP contribution < -0.4 is 5.73 Å². The SMILES string of the molecule is CCCCCCCCCC(N)c1cc(Br)c(C)s1. The molecule has 0 amide bonds. The quantitative estimate of drug-likeness (QED) is 0.555. The summed E-state index contributed by atoms with van der Waals surface area (Å²) in [6.07, 6.45) is 10.6. The molecule has 0 aliphatic rings. The molecule has 0 saturated heterocycles. The largest absolute Gasteiger partial charge is 0.323 e. The molecule has 1 aromatic rings. The molecule has 0 aliphatic carbocycles. The Morgan fingerprint density at radius 1 is 1.17 bits per heavy atom. The summed E-state index contributed by atoms with van der Waals surface area (Å²) in [5, 5.41) is 0. The molecule has 2 N–H and O–H groups in total. The molecule has 0 aromatic carbocycles. The third-order valence-corrected chi connectivity index (χ3v) is 5.63. The molecule has 18 heavy (non-hydrogen) atoms. The second-order valence-electron chi connectivity index (χ2n) is 5.07. The van der Waals surface area contributed by atoms with Crippen LogP contribution in [0.1, 0.15) is 74.1 Å². The smallest absolute Gasteiger partial charge is 0.0390 e. The van der Waals surface area contributed by atoms with Crippen molar-refractivity contribution in [3.8, 4) is 0 Å². The fourth-order valence-electron chi connectivity index (χ4n) is 2.13. The van der Waals surface area contributed by atoms with Crippen LogP contribution in [0.15, 0.2) is 10.5 Å². The second kappa shape index (κ2) is 9.11. The van der Waals surface area contributed by atoms with Crippen molar-refractivity contribution < 1.29 is 0 Å². The zero-order valence-corrected chi connectivity index (χ0v) is 14.1. The van der Waals surface area contributed by atoms with Crippen molar-refractivity contribution in [1.29, 1.82) is 0 Å². The Hall–Kier alpha value is 0.140. The lowest BCUT2D eigenvalue weighted by atomic mass is 10.0. The van der Waals surface area contributed by atoms with E-state index >= 15 is 0 Å². The molecule has 1 rings (SSSR count). The van der Waals surface area contributed by atoms with Crippen molar-refractivity contribution in [3.63, 3.8) is 0 Å². The lowest BCUT2D eigenvalue weighted by Crippen LogP contribution is -2.08. The Morgan fingerprint density at radius 2 is 1.78 bits per heavy atom. The molecule has 1 aromatic heterocycles. The van der Waals surface area contributed by atoms with Gasteiger partial charge in [0.2, 0.25) is 0 Å². The summed E-state index contributed by atoms with van der Waals surface area (Å²) in [5.74, 6) is 0. The second-order valence-corrected chi connectivity index (χ2v) is 7.21. The van der Waals surface area contributed by atoms with E-state index in [1.807, 2.05) is 11.3 Å². The minimum atomic E-state index is 0.232. The van der Waals surface area contributed by atoms with Crippen molar-refractivity contribution in [2.75, 3.05) is 0 Å². The first-order valence-corrected chi connectivity index (χ1v) is 8.77. The summed E-state index contributed by atoms with van der Waals surface area (Å²) in [6.45, 7) is 4.40. The number of halogens is 1. The normalized spacial score (nSPS) is 12.9. The maximum Gasteiger partial charge on any atom is 0.0390 e. The first-order valence-electron chi connectivity index (χ1n) is 7.16. The van der Waals surface area contributed by atoms with E-state index in [2.05, 4.69) is 35.8 Å². The Balaban J connectivity index is 2.12. The Morgan fingerprint density at radius 3 is 2.33 bits per heavy atom. The number of unbranched alkanes of at least 4 members (excludes halogenated alkanes) is 6. The summed E-state index contributed by atoms with van der Waals surface area (Å²) >= 11 is 5.38. The van der Waals surface area contributed by atoms with Crippen LogP contribution in [-0.4, -0.2) is 0 Å². The van der Waals surface area contributed by atoms with Crippen LogP contribution in [0.2, 0.25) is 0 Å². The van der Waals surface area contributed by atoms with Crippen LogP contribution in [-0.2, 0) is 0 Å². The molecular formula is C15H26BrNS. The molecule has 104 valence electrons. The summed E-state index contributed by atoms with van der Waals surface area (Å²) in [5.41, 5.74) is 6.23. The van der Waals surface area contributed by atoms with E-state index in [1.165, 1.54) is 59.2 Å². The van der Waals surface area contributed by atoms with Gasteiger partial charge in [-0.1, -0.05) is 51.9 Å². The fraction of sp³-hybridized carbons (Fsp3) is 0.733. The van der Waals surface area contributed by atoms with Crippen LogP contribution in [0, 0.1) is 6.92 Å². The van der Waals surface area contributed by atoms with E-state index in [4.69, 9.17) is 5.73 Å². The maximum atomic E-state index is 6.23. The molecule has 1 nitrogen and oxygen atoms in total. The number of hydrogen-bond acceptors (Lipinski definition) is 2. The van der Waals surface area contributed by atoms with Gasteiger partial charge in [-0.15, -0.1) is 11.3 Å². The lowest BCUT2D eigenvalue weighted by Gasteiger charge is -2.09. The van der Waals surface area contributed by atoms with E-state index in [1.54, 1.807) is 0 Å². The Labute approximate surface area is 124 Å². The topological polar surface area (TPSA) is 26.0 Å². The average molecular weight is 332 g/mol. The molecule has 3 heteroatoms. The van der Waals surface area contributed by atoms with E-state index in [9.17, 15) is 0 Å². The molecule has 0 radical (unpaired) electrons. The van der Waals surface area contributed by atoms with E-state index in [-0.39, 0.29) is 6.04 Å². The molecule has 0 aliphatic heterocycles. The van der Waals surface area contributed by atoms with Gasteiger partial charge in [0.1, 0.15) is 0 Å². The standard InChI is InChI=1S/C15H26BrNS/c1-3-4-5-6-7-8-9-10-14(17)15-11-13(16)12(2)18-15/h11,14H,3-10,17H2,1-2H3. The van der Waals surface area contributed by atoms with Gasteiger partial charge in [-0.2, -0.15) is 0 Å². The molecule has 0 bridgehead atoms. The van der Waals surface area contributed by atoms with Gasteiger partial charge in [0.15, 0.2) is 0 Å². The maximum absolute atomic E-state index is 6.23. The summed E-state index contributed by atoms with van der Waals surface area (Å²) in [4.78, 5) is 2.66. The van der Waals surface area contributed by atoms with E-state index < -0.39 is 0 Å². The highest BCUT2D eigenvalue weighted by Crippen LogP contribution is 2.31. The third kappa shape index (κ3) is 5.85. The minimum absolute atomic E-state index is 0.232. The van der Waals surface area contributed by atoms with Crippen LogP contribution in [0.3, 0.4) is 0 Å². The highest BCUT2D eigenvalue weighted by atomic mass is 79.9. The first-order chi connectivity index (χ1) is 8.65. The summed E-state index contributed by atoms with van der Waals surface area (Å²) < 4.78 is 1.21. The number of hydrogen-bond donors (Lipinski definition) is 1. The van der Waals surface area contributed by atoms with Gasteiger partial charge in [0.05, 0.1) is 0 Å². The highest BCUT2D eigenvalue weighted by molar-refractivity contribution is 9.10. The van der Waals surface area contributed by atoms with Gasteiger partial charge < -0.3 is 5.73 Å². The molecule has 0 fully saturated rings. The van der Waals surface area contributed by atoms with Crippen molar-refractivity contribution in [2.45, 2.75) is 71.3 Å². The molecule has 1 heterocycles. The lowest BCUT2D eigenvalue weighted by molar-refractivity contribution is 0.544. The van der Waals surface area contributed by atoms with Crippen molar-refractivity contribution >= 4 is 27.3 Å². The minimum Gasteiger partial charge on any atom is -0.323 e. The van der Waals surface area contributed by atoms with Crippen LogP contribution in [0.5, 0.6) is 0 Å². The average Bonchev–Trinajstić information content (AvgIpc) is 2.68. The first kappa shape index (κ1) is 16.2.